The molecule has 142 valence electrons. The van der Waals surface area contributed by atoms with Gasteiger partial charge in [-0.2, -0.15) is 5.10 Å². The van der Waals surface area contributed by atoms with Crippen LogP contribution in [0.1, 0.15) is 22.4 Å². The molecule has 0 aliphatic carbocycles. The molecule has 3 heterocycles. The maximum Gasteiger partial charge on any atom is 0.315 e. The number of pyridine rings is 1. The molecule has 3 aromatic heterocycles. The van der Waals surface area contributed by atoms with Crippen LogP contribution >= 0.6 is 0 Å². The quantitative estimate of drug-likeness (QED) is 0.500. The van der Waals surface area contributed by atoms with E-state index in [1.807, 2.05) is 30.5 Å². The van der Waals surface area contributed by atoms with Crippen LogP contribution in [0, 0.1) is 13.8 Å². The summed E-state index contributed by atoms with van der Waals surface area (Å²) in [6.45, 7) is 4.99. The van der Waals surface area contributed by atoms with Gasteiger partial charge in [0, 0.05) is 53.8 Å². The van der Waals surface area contributed by atoms with Crippen molar-refractivity contribution in [3.05, 3.63) is 77.4 Å². The molecule has 0 aliphatic rings. The van der Waals surface area contributed by atoms with Gasteiger partial charge >= 0.3 is 6.03 Å². The monoisotopic (exact) mass is 374 g/mol. The topological polar surface area (TPSA) is 87.6 Å². The molecular weight excluding hydrogens is 352 g/mol. The van der Waals surface area contributed by atoms with Gasteiger partial charge < -0.3 is 15.6 Å². The lowest BCUT2D eigenvalue weighted by Gasteiger charge is -2.11. The van der Waals surface area contributed by atoms with Crippen molar-refractivity contribution >= 4 is 16.9 Å². The highest BCUT2D eigenvalue weighted by Gasteiger charge is 2.09. The number of nitrogens with one attached hydrogen (secondary N) is 3. The average molecular weight is 374 g/mol. The summed E-state index contributed by atoms with van der Waals surface area (Å²) < 4.78 is 1.69. The van der Waals surface area contributed by atoms with E-state index in [1.54, 1.807) is 17.1 Å². The largest absolute Gasteiger partial charge is 0.358 e. The SMILES string of the molecule is Cc1[nH]c2ccc(CNC(=O)NCc3cccnc3-n3cccn3)cc2c1C. The lowest BCUT2D eigenvalue weighted by Crippen LogP contribution is -2.34. The van der Waals surface area contributed by atoms with Gasteiger partial charge in [0.25, 0.3) is 0 Å². The van der Waals surface area contributed by atoms with Crippen LogP contribution < -0.4 is 10.6 Å². The van der Waals surface area contributed by atoms with Crippen molar-refractivity contribution in [2.24, 2.45) is 0 Å². The summed E-state index contributed by atoms with van der Waals surface area (Å²) in [4.78, 5) is 20.0. The van der Waals surface area contributed by atoms with Crippen LogP contribution in [-0.2, 0) is 13.1 Å². The molecule has 0 fully saturated rings. The number of amides is 2. The van der Waals surface area contributed by atoms with Crippen molar-refractivity contribution < 1.29 is 4.79 Å². The highest BCUT2D eigenvalue weighted by atomic mass is 16.2. The van der Waals surface area contributed by atoms with Crippen LogP contribution in [-0.4, -0.2) is 25.8 Å². The van der Waals surface area contributed by atoms with Crippen LogP contribution in [0.5, 0.6) is 0 Å². The first-order valence-corrected chi connectivity index (χ1v) is 9.15. The zero-order valence-corrected chi connectivity index (χ0v) is 15.9. The molecule has 0 unspecified atom stereocenters. The predicted molar refractivity (Wildman–Crippen MR) is 108 cm³/mol. The van der Waals surface area contributed by atoms with Crippen molar-refractivity contribution in [2.45, 2.75) is 26.9 Å². The predicted octanol–water partition coefficient (Wildman–Crippen LogP) is 3.36. The summed E-state index contributed by atoms with van der Waals surface area (Å²) in [5, 5.41) is 11.2. The maximum absolute atomic E-state index is 12.3. The fraction of sp³-hybridized carbons (Fsp3) is 0.190. The molecule has 4 aromatic rings. The number of aromatic amines is 1. The number of hydrogen-bond donors (Lipinski definition) is 3. The molecule has 0 saturated carbocycles. The molecule has 0 bridgehead atoms. The van der Waals surface area contributed by atoms with Crippen molar-refractivity contribution in [1.82, 2.24) is 30.4 Å². The number of fused-ring (bicyclic) bond motifs is 1. The first kappa shape index (κ1) is 17.8. The summed E-state index contributed by atoms with van der Waals surface area (Å²) in [7, 11) is 0. The summed E-state index contributed by atoms with van der Waals surface area (Å²) in [6, 6.07) is 11.6. The number of benzene rings is 1. The minimum atomic E-state index is -0.225. The Balaban J connectivity index is 1.38. The number of urea groups is 1. The molecule has 0 spiro atoms. The molecule has 0 aliphatic heterocycles. The number of aryl methyl sites for hydroxylation is 2. The fourth-order valence-electron chi connectivity index (χ4n) is 3.21. The fourth-order valence-corrected chi connectivity index (χ4v) is 3.21. The highest BCUT2D eigenvalue weighted by Crippen LogP contribution is 2.22. The number of rotatable bonds is 5. The minimum absolute atomic E-state index is 0.225. The standard InChI is InChI=1S/C21H22N6O/c1-14-15(2)26-19-7-6-16(11-18(14)19)12-23-21(28)24-13-17-5-3-8-22-20(17)27-10-4-9-25-27/h3-11,26H,12-13H2,1-2H3,(H2,23,24,28). The first-order chi connectivity index (χ1) is 13.6. The van der Waals surface area contributed by atoms with Crippen LogP contribution in [0.25, 0.3) is 16.7 Å². The Labute approximate surface area is 162 Å². The molecule has 1 aromatic carbocycles. The van der Waals surface area contributed by atoms with Crippen molar-refractivity contribution in [3.63, 3.8) is 0 Å². The Morgan fingerprint density at radius 3 is 2.79 bits per heavy atom. The second-order valence-corrected chi connectivity index (χ2v) is 6.73. The number of carbonyl (C=O) groups is 1. The van der Waals surface area contributed by atoms with Gasteiger partial charge in [-0.1, -0.05) is 12.1 Å². The third kappa shape index (κ3) is 3.59. The number of nitrogens with zero attached hydrogens (tertiary/aromatic N) is 3. The molecule has 2 amide bonds. The molecule has 0 atom stereocenters. The zero-order valence-electron chi connectivity index (χ0n) is 15.9. The van der Waals surface area contributed by atoms with Crippen LogP contribution in [0.2, 0.25) is 0 Å². The Morgan fingerprint density at radius 1 is 1.11 bits per heavy atom. The van der Waals surface area contributed by atoms with Gasteiger partial charge in [0.05, 0.1) is 0 Å². The molecule has 4 rings (SSSR count). The lowest BCUT2D eigenvalue weighted by atomic mass is 10.1. The van der Waals surface area contributed by atoms with Gasteiger partial charge in [-0.15, -0.1) is 0 Å². The van der Waals surface area contributed by atoms with Gasteiger partial charge in [0.1, 0.15) is 0 Å². The van der Waals surface area contributed by atoms with Gasteiger partial charge in [-0.25, -0.2) is 14.5 Å². The van der Waals surface area contributed by atoms with Crippen molar-refractivity contribution in [2.75, 3.05) is 0 Å². The Kier molecular flexibility index (Phi) is 4.80. The molecule has 7 nitrogen and oxygen atoms in total. The molecule has 28 heavy (non-hydrogen) atoms. The Morgan fingerprint density at radius 2 is 1.96 bits per heavy atom. The molecule has 3 N–H and O–H groups in total. The number of H-pyrrole nitrogens is 1. The van der Waals surface area contributed by atoms with Crippen molar-refractivity contribution in [3.8, 4) is 5.82 Å². The molecular formula is C21H22N6O. The molecule has 0 saturated heterocycles. The summed E-state index contributed by atoms with van der Waals surface area (Å²) in [5.74, 6) is 0.705. The Bertz CT molecular complexity index is 1110. The lowest BCUT2D eigenvalue weighted by molar-refractivity contribution is 0.240. The smallest absolute Gasteiger partial charge is 0.315 e. The van der Waals surface area contributed by atoms with E-state index in [4.69, 9.17) is 0 Å². The maximum atomic E-state index is 12.3. The minimum Gasteiger partial charge on any atom is -0.358 e. The van der Waals surface area contributed by atoms with E-state index in [9.17, 15) is 4.79 Å². The van der Waals surface area contributed by atoms with Crippen LogP contribution in [0.4, 0.5) is 4.79 Å². The highest BCUT2D eigenvalue weighted by molar-refractivity contribution is 5.85. The third-order valence-electron chi connectivity index (χ3n) is 4.85. The average Bonchev–Trinajstić information content (AvgIpc) is 3.34. The van der Waals surface area contributed by atoms with Gasteiger partial charge in [0.2, 0.25) is 0 Å². The molecule has 0 radical (unpaired) electrons. The molecule has 7 heteroatoms. The summed E-state index contributed by atoms with van der Waals surface area (Å²) in [6.07, 6.45) is 5.23. The second kappa shape index (κ2) is 7.56. The van der Waals surface area contributed by atoms with Gasteiger partial charge in [0.15, 0.2) is 5.82 Å². The van der Waals surface area contributed by atoms with Crippen molar-refractivity contribution in [1.29, 1.82) is 0 Å². The van der Waals surface area contributed by atoms with E-state index < -0.39 is 0 Å². The van der Waals surface area contributed by atoms with E-state index in [-0.39, 0.29) is 6.03 Å². The van der Waals surface area contributed by atoms with E-state index in [1.165, 1.54) is 16.6 Å². The van der Waals surface area contributed by atoms with E-state index in [0.29, 0.717) is 18.9 Å². The first-order valence-electron chi connectivity index (χ1n) is 9.15. The zero-order chi connectivity index (χ0) is 19.5. The van der Waals surface area contributed by atoms with E-state index >= 15 is 0 Å². The van der Waals surface area contributed by atoms with Crippen LogP contribution in [0.15, 0.2) is 55.0 Å². The van der Waals surface area contributed by atoms with Gasteiger partial charge in [-0.05, 0) is 49.2 Å². The summed E-state index contributed by atoms with van der Waals surface area (Å²) in [5.41, 5.74) is 5.47. The summed E-state index contributed by atoms with van der Waals surface area (Å²) >= 11 is 0. The Hall–Kier alpha value is -3.61. The number of hydrogen-bond acceptors (Lipinski definition) is 3. The van der Waals surface area contributed by atoms with Crippen LogP contribution in [0.3, 0.4) is 0 Å². The van der Waals surface area contributed by atoms with Gasteiger partial charge in [-0.3, -0.25) is 0 Å². The third-order valence-corrected chi connectivity index (χ3v) is 4.85. The normalized spacial score (nSPS) is 10.9. The van der Waals surface area contributed by atoms with E-state index in [0.717, 1.165) is 16.6 Å². The van der Waals surface area contributed by atoms with E-state index in [2.05, 4.69) is 51.7 Å². The number of aromatic nitrogens is 4. The number of carbonyl (C=O) groups excluding carboxylic acids is 1. The second-order valence-electron chi connectivity index (χ2n) is 6.73.